The zero-order valence-corrected chi connectivity index (χ0v) is 6.61. The van der Waals surface area contributed by atoms with Gasteiger partial charge >= 0.3 is 0 Å². The Hall–Kier alpha value is -1.27. The third-order valence-electron chi connectivity index (χ3n) is 1.15. The first-order valence-electron chi connectivity index (χ1n) is 2.88. The van der Waals surface area contributed by atoms with Crippen molar-refractivity contribution in [3.05, 3.63) is 24.3 Å². The van der Waals surface area contributed by atoms with Gasteiger partial charge in [-0.05, 0) is 17.7 Å². The lowest BCUT2D eigenvalue weighted by atomic mass is 10.3. The first-order valence-corrected chi connectivity index (χ1v) is 4.32. The Kier molecular flexibility index (Phi) is 2.20. The van der Waals surface area contributed by atoms with E-state index in [1.807, 2.05) is 0 Å². The third-order valence-corrected chi connectivity index (χ3v) is 1.94. The highest BCUT2D eigenvalue weighted by molar-refractivity contribution is 7.85. The van der Waals surface area contributed by atoms with E-state index in [2.05, 4.69) is 11.2 Å². The Bertz CT molecular complexity index is 399. The molecule has 1 rings (SSSR count). The molecule has 0 saturated carbocycles. The molecule has 0 amide bonds. The second kappa shape index (κ2) is 3.00. The summed E-state index contributed by atoms with van der Waals surface area (Å²) in [4.78, 5) is -0.419. The van der Waals surface area contributed by atoms with Gasteiger partial charge in [-0.2, -0.15) is 8.42 Å². The molecule has 0 spiro atoms. The van der Waals surface area contributed by atoms with Crippen LogP contribution in [0.2, 0.25) is 0 Å². The second-order valence-corrected chi connectivity index (χ2v) is 3.38. The van der Waals surface area contributed by atoms with Crippen LogP contribution in [0.4, 0.5) is 5.69 Å². The molecule has 1 aromatic carbocycles. The second-order valence-electron chi connectivity index (χ2n) is 1.99. The zero-order valence-electron chi connectivity index (χ0n) is 5.80. The Morgan fingerprint density at radius 3 is 2.75 bits per heavy atom. The molecule has 0 aromatic heterocycles. The van der Waals surface area contributed by atoms with Crippen molar-refractivity contribution in [1.29, 1.82) is 0 Å². The Labute approximate surface area is 69.3 Å². The minimum atomic E-state index is -4.26. The van der Waals surface area contributed by atoms with E-state index in [-0.39, 0.29) is 5.69 Å². The highest BCUT2D eigenvalue weighted by Gasteiger charge is 2.09. The summed E-state index contributed by atoms with van der Waals surface area (Å²) >= 11 is 0. The van der Waals surface area contributed by atoms with Crippen LogP contribution < -0.4 is 5.53 Å². The summed E-state index contributed by atoms with van der Waals surface area (Å²) in [7, 11) is -4.26. The van der Waals surface area contributed by atoms with Gasteiger partial charge in [-0.3, -0.25) is 4.55 Å². The summed E-state index contributed by atoms with van der Waals surface area (Å²) in [5.74, 6) is 0. The molecule has 0 fully saturated rings. The van der Waals surface area contributed by atoms with Crippen LogP contribution in [0.15, 0.2) is 28.2 Å². The van der Waals surface area contributed by atoms with Crippen molar-refractivity contribution in [2.24, 2.45) is 5.11 Å². The lowest BCUT2D eigenvalue weighted by Gasteiger charge is -1.94. The maximum atomic E-state index is 10.5. The first-order chi connectivity index (χ1) is 5.54. The Morgan fingerprint density at radius 2 is 2.25 bits per heavy atom. The van der Waals surface area contributed by atoms with E-state index in [0.717, 1.165) is 6.07 Å². The van der Waals surface area contributed by atoms with Gasteiger partial charge in [-0.15, -0.1) is 5.11 Å². The van der Waals surface area contributed by atoms with E-state index in [4.69, 9.17) is 10.1 Å². The molecule has 1 aromatic rings. The third kappa shape index (κ3) is 1.86. The average Bonchev–Trinajstić information content (AvgIpc) is 2.03. The summed E-state index contributed by atoms with van der Waals surface area (Å²) in [6.07, 6.45) is 0. The highest BCUT2D eigenvalue weighted by Crippen LogP contribution is 2.15. The van der Waals surface area contributed by atoms with Crippen molar-refractivity contribution in [2.45, 2.75) is 4.90 Å². The topological polar surface area (TPSA) is 89.0 Å². The normalized spacial score (nSPS) is 11.1. The number of hydrogen-bond acceptors (Lipinski definition) is 3. The standard InChI is InChI=1S/C6H4N2O3S/c7-8-5-2-1-3-6(4-5)12(9,10)11/h1-2,4H,(H,9,10,11). The molecule has 62 valence electrons. The molecule has 2 radical (unpaired) electrons. The quantitative estimate of drug-likeness (QED) is 0.539. The van der Waals surface area contributed by atoms with Crippen LogP contribution >= 0.6 is 0 Å². The van der Waals surface area contributed by atoms with Crippen LogP contribution in [0.25, 0.3) is 0 Å². The van der Waals surface area contributed by atoms with Crippen molar-refractivity contribution in [2.75, 3.05) is 0 Å². The average molecular weight is 184 g/mol. The van der Waals surface area contributed by atoms with Crippen molar-refractivity contribution in [3.63, 3.8) is 0 Å². The van der Waals surface area contributed by atoms with E-state index in [9.17, 15) is 8.42 Å². The highest BCUT2D eigenvalue weighted by atomic mass is 32.2. The zero-order chi connectivity index (χ0) is 9.19. The molecule has 6 heteroatoms. The molecule has 1 N–H and O–H groups in total. The number of nitrogens with zero attached hydrogens (tertiary/aromatic N) is 2. The van der Waals surface area contributed by atoms with E-state index >= 15 is 0 Å². The fraction of sp³-hybridized carbons (Fsp3) is 0. The summed E-state index contributed by atoms with van der Waals surface area (Å²) in [6, 6.07) is 5.85. The summed E-state index contributed by atoms with van der Waals surface area (Å²) < 4.78 is 29.5. The summed E-state index contributed by atoms with van der Waals surface area (Å²) in [6.45, 7) is 0. The molecule has 0 saturated heterocycles. The van der Waals surface area contributed by atoms with Gasteiger partial charge in [-0.1, -0.05) is 6.07 Å². The van der Waals surface area contributed by atoms with Crippen molar-refractivity contribution < 1.29 is 13.0 Å². The molecule has 0 aliphatic heterocycles. The van der Waals surface area contributed by atoms with Crippen LogP contribution in [-0.4, -0.2) is 13.0 Å². The van der Waals surface area contributed by atoms with Crippen LogP contribution in [0, 0.1) is 6.07 Å². The molecule has 0 unspecified atom stereocenters. The van der Waals surface area contributed by atoms with Gasteiger partial charge in [0.1, 0.15) is 4.90 Å². The van der Waals surface area contributed by atoms with Crippen molar-refractivity contribution in [1.82, 2.24) is 5.53 Å². The van der Waals surface area contributed by atoms with Gasteiger partial charge in [0.15, 0.2) is 0 Å². The van der Waals surface area contributed by atoms with E-state index in [1.165, 1.54) is 12.1 Å². The minimum Gasteiger partial charge on any atom is -0.282 e. The van der Waals surface area contributed by atoms with Gasteiger partial charge in [0, 0.05) is 6.07 Å². The fourth-order valence-electron chi connectivity index (χ4n) is 0.644. The molecule has 5 nitrogen and oxygen atoms in total. The maximum absolute atomic E-state index is 10.5. The van der Waals surface area contributed by atoms with E-state index < -0.39 is 15.0 Å². The molecule has 0 aliphatic carbocycles. The Morgan fingerprint density at radius 1 is 1.58 bits per heavy atom. The van der Waals surface area contributed by atoms with Crippen LogP contribution in [0.5, 0.6) is 0 Å². The van der Waals surface area contributed by atoms with E-state index in [0.29, 0.717) is 0 Å². The predicted molar refractivity (Wildman–Crippen MR) is 39.3 cm³/mol. The summed E-state index contributed by atoms with van der Waals surface area (Å²) in [5.41, 5.74) is 8.31. The first kappa shape index (κ1) is 8.82. The van der Waals surface area contributed by atoms with Gasteiger partial charge in [0.25, 0.3) is 10.1 Å². The van der Waals surface area contributed by atoms with Crippen molar-refractivity contribution in [3.8, 4) is 0 Å². The van der Waals surface area contributed by atoms with Gasteiger partial charge in [-0.25, -0.2) is 0 Å². The molecular weight excluding hydrogens is 180 g/mol. The molecular formula is C6H4N2O3S. The smallest absolute Gasteiger partial charge is 0.282 e. The van der Waals surface area contributed by atoms with Crippen molar-refractivity contribution >= 4 is 15.8 Å². The molecule has 0 atom stereocenters. The molecule has 0 bridgehead atoms. The summed E-state index contributed by atoms with van der Waals surface area (Å²) in [5, 5.41) is 2.75. The van der Waals surface area contributed by atoms with E-state index in [1.54, 1.807) is 0 Å². The Balaban J connectivity index is 3.29. The molecule has 0 heterocycles. The number of rotatable bonds is 2. The molecule has 12 heavy (non-hydrogen) atoms. The van der Waals surface area contributed by atoms with Crippen LogP contribution in [0.3, 0.4) is 0 Å². The predicted octanol–water partition coefficient (Wildman–Crippen LogP) is 0.617. The van der Waals surface area contributed by atoms with Crippen LogP contribution in [0.1, 0.15) is 0 Å². The fourth-order valence-corrected chi connectivity index (χ4v) is 1.13. The SMILES string of the molecule is [N]=Nc1cc[c]c(S(=O)(=O)O)c1. The lowest BCUT2D eigenvalue weighted by molar-refractivity contribution is 0.483. The van der Waals surface area contributed by atoms with Gasteiger partial charge in [0.2, 0.25) is 0 Å². The number of hydrogen-bond donors (Lipinski definition) is 1. The van der Waals surface area contributed by atoms with Crippen LogP contribution in [-0.2, 0) is 10.1 Å². The largest absolute Gasteiger partial charge is 0.295 e. The lowest BCUT2D eigenvalue weighted by Crippen LogP contribution is -1.97. The van der Waals surface area contributed by atoms with Gasteiger partial charge in [0.05, 0.1) is 5.69 Å². The maximum Gasteiger partial charge on any atom is 0.295 e. The molecule has 0 aliphatic rings. The number of benzene rings is 1. The minimum absolute atomic E-state index is 0.0429. The van der Waals surface area contributed by atoms with Gasteiger partial charge < -0.3 is 0 Å². The monoisotopic (exact) mass is 184 g/mol.